The SMILES string of the molecule is CC(C)(C)C1CCC2(CC1)N=C(c1cc(Cl)cc(Cl)c1)C(=O)N2CC1=CC=C(C(=O)NCCC(=O)O)C(F)C1. The van der Waals surface area contributed by atoms with Crippen LogP contribution in [0.5, 0.6) is 0 Å². The molecule has 39 heavy (non-hydrogen) atoms. The maximum Gasteiger partial charge on any atom is 0.305 e. The second-order valence-electron chi connectivity index (χ2n) is 11.7. The molecule has 1 unspecified atom stereocenters. The van der Waals surface area contributed by atoms with Crippen LogP contribution in [0.15, 0.2) is 46.5 Å². The van der Waals surface area contributed by atoms with Crippen molar-refractivity contribution in [3.8, 4) is 0 Å². The van der Waals surface area contributed by atoms with Crippen LogP contribution in [-0.2, 0) is 14.4 Å². The number of nitrogens with zero attached hydrogens (tertiary/aromatic N) is 2. The third kappa shape index (κ3) is 6.55. The molecule has 1 spiro atoms. The Hall–Kier alpha value is -2.71. The molecule has 2 aliphatic carbocycles. The van der Waals surface area contributed by atoms with Crippen LogP contribution in [0.1, 0.15) is 64.9 Å². The van der Waals surface area contributed by atoms with Crippen molar-refractivity contribution in [1.29, 1.82) is 0 Å². The molecule has 10 heteroatoms. The molecular weight excluding hydrogens is 544 g/mol. The molecule has 1 atom stereocenters. The van der Waals surface area contributed by atoms with Crippen LogP contribution in [0.25, 0.3) is 0 Å². The summed E-state index contributed by atoms with van der Waals surface area (Å²) in [5.41, 5.74) is 0.878. The lowest BCUT2D eigenvalue weighted by atomic mass is 9.69. The van der Waals surface area contributed by atoms with Crippen LogP contribution in [0.3, 0.4) is 0 Å². The molecule has 0 aromatic heterocycles. The van der Waals surface area contributed by atoms with Gasteiger partial charge in [-0.15, -0.1) is 0 Å². The first-order valence-electron chi connectivity index (χ1n) is 13.2. The molecule has 7 nitrogen and oxygen atoms in total. The minimum atomic E-state index is -1.56. The van der Waals surface area contributed by atoms with Gasteiger partial charge in [0.25, 0.3) is 5.91 Å². The van der Waals surface area contributed by atoms with Crippen molar-refractivity contribution in [2.24, 2.45) is 16.3 Å². The van der Waals surface area contributed by atoms with Crippen molar-refractivity contribution in [2.45, 2.75) is 71.1 Å². The molecule has 210 valence electrons. The summed E-state index contributed by atoms with van der Waals surface area (Å²) in [5.74, 6) is -1.43. The Balaban J connectivity index is 1.59. The number of amides is 2. The lowest BCUT2D eigenvalue weighted by Crippen LogP contribution is -2.50. The number of alkyl halides is 1. The van der Waals surface area contributed by atoms with Crippen molar-refractivity contribution in [3.63, 3.8) is 0 Å². The second-order valence-corrected chi connectivity index (χ2v) is 12.5. The summed E-state index contributed by atoms with van der Waals surface area (Å²) < 4.78 is 15.1. The van der Waals surface area contributed by atoms with Gasteiger partial charge in [-0.3, -0.25) is 19.4 Å². The average Bonchev–Trinajstić information content (AvgIpc) is 3.09. The number of rotatable bonds is 7. The van der Waals surface area contributed by atoms with E-state index < -0.39 is 23.7 Å². The molecule has 0 saturated heterocycles. The van der Waals surface area contributed by atoms with Gasteiger partial charge in [-0.05, 0) is 60.8 Å². The molecule has 3 aliphatic rings. The molecule has 1 heterocycles. The van der Waals surface area contributed by atoms with Crippen LogP contribution < -0.4 is 5.32 Å². The predicted octanol–water partition coefficient (Wildman–Crippen LogP) is 5.74. The topological polar surface area (TPSA) is 99.1 Å². The van der Waals surface area contributed by atoms with Gasteiger partial charge < -0.3 is 15.3 Å². The normalized spacial score (nSPS) is 25.3. The van der Waals surface area contributed by atoms with E-state index in [0.717, 1.165) is 12.8 Å². The summed E-state index contributed by atoms with van der Waals surface area (Å²) >= 11 is 12.5. The second kappa shape index (κ2) is 11.4. The molecular formula is C29H34Cl2FN3O4. The molecule has 2 N–H and O–H groups in total. The van der Waals surface area contributed by atoms with Gasteiger partial charge in [0.2, 0.25) is 5.91 Å². The summed E-state index contributed by atoms with van der Waals surface area (Å²) in [7, 11) is 0. The maximum atomic E-state index is 15.1. The van der Waals surface area contributed by atoms with Gasteiger partial charge in [0, 0.05) is 35.1 Å². The van der Waals surface area contributed by atoms with Gasteiger partial charge in [0.05, 0.1) is 12.0 Å². The maximum absolute atomic E-state index is 15.1. The van der Waals surface area contributed by atoms with Gasteiger partial charge in [0.1, 0.15) is 17.5 Å². The number of hydrogen-bond acceptors (Lipinski definition) is 4. The summed E-state index contributed by atoms with van der Waals surface area (Å²) in [6.07, 6.45) is 4.45. The number of aliphatic imine (C=N–C) groups is 1. The summed E-state index contributed by atoms with van der Waals surface area (Å²) in [4.78, 5) is 43.7. The fourth-order valence-electron chi connectivity index (χ4n) is 5.70. The largest absolute Gasteiger partial charge is 0.481 e. The standard InChI is InChI=1S/C29H34Cl2FN3O4/c1-28(2,3)19-6-9-29(10-7-19)34-25(18-13-20(30)15-21(31)14-18)27(39)35(29)16-17-4-5-22(23(32)12-17)26(38)33-11-8-24(36)37/h4-5,13-15,19,23H,6-12,16H2,1-3H3,(H,33,38)(H,36,37). The number of hydrogen-bond donors (Lipinski definition) is 2. The number of allylic oxidation sites excluding steroid dienone is 2. The number of benzene rings is 1. The summed E-state index contributed by atoms with van der Waals surface area (Å²) in [5, 5.41) is 12.0. The molecule has 2 amide bonds. The zero-order valence-corrected chi connectivity index (χ0v) is 23.9. The number of carboxylic acids is 1. The molecule has 0 bridgehead atoms. The molecule has 4 rings (SSSR count). The highest BCUT2D eigenvalue weighted by molar-refractivity contribution is 6.47. The molecule has 1 fully saturated rings. The Morgan fingerprint density at radius 2 is 1.79 bits per heavy atom. The number of carbonyl (C=O) groups excluding carboxylic acids is 2. The summed E-state index contributed by atoms with van der Waals surface area (Å²) in [6.45, 7) is 6.79. The highest BCUT2D eigenvalue weighted by Gasteiger charge is 2.50. The Kier molecular flexibility index (Phi) is 8.57. The van der Waals surface area contributed by atoms with Crippen LogP contribution in [-0.4, -0.2) is 58.4 Å². The van der Waals surface area contributed by atoms with Crippen LogP contribution in [0.4, 0.5) is 4.39 Å². The minimum absolute atomic E-state index is 0.0407. The monoisotopic (exact) mass is 577 g/mol. The van der Waals surface area contributed by atoms with Crippen molar-refractivity contribution in [1.82, 2.24) is 10.2 Å². The first-order chi connectivity index (χ1) is 18.3. The van der Waals surface area contributed by atoms with E-state index in [1.54, 1.807) is 29.2 Å². The van der Waals surface area contributed by atoms with Gasteiger partial charge in [-0.2, -0.15) is 0 Å². The number of nitrogens with one attached hydrogen (secondary N) is 1. The third-order valence-electron chi connectivity index (χ3n) is 7.94. The Morgan fingerprint density at radius 1 is 1.15 bits per heavy atom. The van der Waals surface area contributed by atoms with Crippen molar-refractivity contribution in [3.05, 3.63) is 57.1 Å². The van der Waals surface area contributed by atoms with Gasteiger partial charge >= 0.3 is 5.97 Å². The van der Waals surface area contributed by atoms with E-state index in [0.29, 0.717) is 45.7 Å². The highest BCUT2D eigenvalue weighted by Crippen LogP contribution is 2.47. The first-order valence-corrected chi connectivity index (χ1v) is 14.0. The number of halogens is 3. The highest BCUT2D eigenvalue weighted by atomic mass is 35.5. The van der Waals surface area contributed by atoms with E-state index in [2.05, 4.69) is 26.1 Å². The van der Waals surface area contributed by atoms with E-state index in [-0.39, 0.29) is 42.8 Å². The van der Waals surface area contributed by atoms with E-state index in [1.807, 2.05) is 0 Å². The van der Waals surface area contributed by atoms with Crippen molar-refractivity contribution >= 4 is 46.7 Å². The lowest BCUT2D eigenvalue weighted by Gasteiger charge is -2.45. The predicted molar refractivity (Wildman–Crippen MR) is 150 cm³/mol. The zero-order valence-electron chi connectivity index (χ0n) is 22.4. The van der Waals surface area contributed by atoms with Crippen molar-refractivity contribution < 1.29 is 23.9 Å². The molecule has 1 aromatic carbocycles. The fourth-order valence-corrected chi connectivity index (χ4v) is 6.23. The van der Waals surface area contributed by atoms with E-state index in [9.17, 15) is 14.4 Å². The quantitative estimate of drug-likeness (QED) is 0.431. The minimum Gasteiger partial charge on any atom is -0.481 e. The number of carbonyl (C=O) groups is 3. The Bertz CT molecular complexity index is 1240. The molecule has 1 saturated carbocycles. The molecule has 0 radical (unpaired) electrons. The molecule has 1 aromatic rings. The first kappa shape index (κ1) is 29.3. The smallest absolute Gasteiger partial charge is 0.305 e. The van der Waals surface area contributed by atoms with Crippen LogP contribution in [0.2, 0.25) is 10.0 Å². The van der Waals surface area contributed by atoms with E-state index >= 15 is 4.39 Å². The van der Waals surface area contributed by atoms with Crippen LogP contribution >= 0.6 is 23.2 Å². The fraction of sp³-hybridized carbons (Fsp3) is 0.517. The van der Waals surface area contributed by atoms with Gasteiger partial charge in [-0.1, -0.05) is 56.1 Å². The summed E-state index contributed by atoms with van der Waals surface area (Å²) in [6, 6.07) is 4.96. The zero-order chi connectivity index (χ0) is 28.5. The number of aliphatic carboxylic acids is 1. The van der Waals surface area contributed by atoms with Crippen molar-refractivity contribution in [2.75, 3.05) is 13.1 Å². The Morgan fingerprint density at radius 3 is 2.36 bits per heavy atom. The average molecular weight is 579 g/mol. The van der Waals surface area contributed by atoms with E-state index in [1.165, 1.54) is 6.08 Å². The van der Waals surface area contributed by atoms with Gasteiger partial charge in [0.15, 0.2) is 0 Å². The van der Waals surface area contributed by atoms with Gasteiger partial charge in [-0.25, -0.2) is 4.39 Å². The van der Waals surface area contributed by atoms with Crippen LogP contribution in [0, 0.1) is 11.3 Å². The lowest BCUT2D eigenvalue weighted by molar-refractivity contribution is -0.137. The number of carboxylic acid groups (broad SMARTS) is 1. The molecule has 1 aliphatic heterocycles. The third-order valence-corrected chi connectivity index (χ3v) is 8.38. The Labute approximate surface area is 238 Å². The van der Waals surface area contributed by atoms with E-state index in [4.69, 9.17) is 33.3 Å².